The molecule has 1 aliphatic heterocycles. The Morgan fingerprint density at radius 1 is 1.18 bits per heavy atom. The molecule has 4 rings (SSSR count). The first-order chi connectivity index (χ1) is 15.8. The molecule has 0 bridgehead atoms. The van der Waals surface area contributed by atoms with Crippen molar-refractivity contribution in [2.45, 2.75) is 20.4 Å². The molecule has 1 aromatic carbocycles. The Balaban J connectivity index is 1.58. The third-order valence-electron chi connectivity index (χ3n) is 5.35. The summed E-state index contributed by atoms with van der Waals surface area (Å²) in [7, 11) is 1.23. The summed E-state index contributed by atoms with van der Waals surface area (Å²) in [5.41, 5.74) is 4.17. The lowest BCUT2D eigenvalue weighted by Crippen LogP contribution is -2.30. The average molecular weight is 444 g/mol. The van der Waals surface area contributed by atoms with E-state index in [0.717, 1.165) is 27.5 Å². The van der Waals surface area contributed by atoms with Gasteiger partial charge in [-0.15, -0.1) is 0 Å². The number of hydrogen-bond donors (Lipinski definition) is 1. The Labute approximate surface area is 189 Å². The molecule has 1 saturated heterocycles. The van der Waals surface area contributed by atoms with E-state index in [0.29, 0.717) is 5.56 Å². The predicted molar refractivity (Wildman–Crippen MR) is 117 cm³/mol. The number of rotatable bonds is 5. The summed E-state index contributed by atoms with van der Waals surface area (Å²) in [5, 5.41) is 11.6. The van der Waals surface area contributed by atoms with E-state index in [-0.39, 0.29) is 23.8 Å². The number of ether oxygens (including phenoxy) is 1. The number of carbonyl (C=O) groups is 3. The zero-order chi connectivity index (χ0) is 23.7. The van der Waals surface area contributed by atoms with Gasteiger partial charge < -0.3 is 19.0 Å². The van der Waals surface area contributed by atoms with E-state index >= 15 is 0 Å². The number of benzene rings is 1. The molecule has 1 fully saturated rings. The van der Waals surface area contributed by atoms with Crippen LogP contribution in [0.25, 0.3) is 11.8 Å². The van der Waals surface area contributed by atoms with Crippen molar-refractivity contribution < 1.29 is 23.5 Å². The lowest BCUT2D eigenvalue weighted by molar-refractivity contribution is -0.123. The van der Waals surface area contributed by atoms with Crippen LogP contribution in [0.3, 0.4) is 0 Å². The summed E-state index contributed by atoms with van der Waals surface area (Å²) in [4.78, 5) is 37.8. The Kier molecular flexibility index (Phi) is 5.58. The molecule has 0 unspecified atom stereocenters. The standard InChI is InChI=1S/C24H20N4O5/c1-14-10-17(15(2)28(14)18-6-4-16(12-25)5-7-18)11-20-22(29)27(24(31)26-20)13-19-8-9-21(33-19)23(30)32-3/h4-11H,13H2,1-3H3,(H,26,31). The fourth-order valence-electron chi connectivity index (χ4n) is 3.72. The molecule has 166 valence electrons. The number of urea groups is 1. The molecule has 3 aromatic rings. The van der Waals surface area contributed by atoms with Gasteiger partial charge in [-0.1, -0.05) is 0 Å². The maximum Gasteiger partial charge on any atom is 0.373 e. The molecular formula is C24H20N4O5. The van der Waals surface area contributed by atoms with Crippen LogP contribution in [0.15, 0.2) is 52.6 Å². The van der Waals surface area contributed by atoms with Gasteiger partial charge in [0.1, 0.15) is 11.5 Å². The Bertz CT molecular complexity index is 1340. The third kappa shape index (κ3) is 4.02. The van der Waals surface area contributed by atoms with Crippen LogP contribution in [0, 0.1) is 25.2 Å². The van der Waals surface area contributed by atoms with E-state index in [2.05, 4.69) is 16.1 Å². The highest BCUT2D eigenvalue weighted by Gasteiger charge is 2.34. The quantitative estimate of drug-likeness (QED) is 0.366. The molecule has 1 N–H and O–H groups in total. The van der Waals surface area contributed by atoms with Crippen molar-refractivity contribution in [3.05, 3.63) is 82.2 Å². The lowest BCUT2D eigenvalue weighted by atomic mass is 10.2. The van der Waals surface area contributed by atoms with Crippen LogP contribution in [-0.4, -0.2) is 34.5 Å². The zero-order valence-electron chi connectivity index (χ0n) is 18.2. The maximum absolute atomic E-state index is 12.9. The van der Waals surface area contributed by atoms with Crippen molar-refractivity contribution in [2.24, 2.45) is 0 Å². The molecule has 9 heteroatoms. The molecule has 0 atom stereocenters. The maximum atomic E-state index is 12.9. The van der Waals surface area contributed by atoms with Crippen LogP contribution >= 0.6 is 0 Å². The lowest BCUT2D eigenvalue weighted by Gasteiger charge is -2.10. The van der Waals surface area contributed by atoms with Gasteiger partial charge in [0, 0.05) is 17.1 Å². The number of hydrogen-bond acceptors (Lipinski definition) is 6. The molecule has 1 aliphatic rings. The molecule has 9 nitrogen and oxygen atoms in total. The van der Waals surface area contributed by atoms with Gasteiger partial charge in [-0.3, -0.25) is 9.69 Å². The molecule has 0 saturated carbocycles. The van der Waals surface area contributed by atoms with Gasteiger partial charge in [0.2, 0.25) is 5.76 Å². The minimum atomic E-state index is -0.642. The molecule has 0 radical (unpaired) electrons. The largest absolute Gasteiger partial charge is 0.463 e. The normalized spacial score (nSPS) is 14.5. The summed E-state index contributed by atoms with van der Waals surface area (Å²) in [5.74, 6) is -0.874. The second-order valence-corrected chi connectivity index (χ2v) is 7.46. The van der Waals surface area contributed by atoms with Gasteiger partial charge in [0.05, 0.1) is 25.3 Å². The number of nitrogens with zero attached hydrogens (tertiary/aromatic N) is 3. The van der Waals surface area contributed by atoms with Crippen molar-refractivity contribution in [3.63, 3.8) is 0 Å². The van der Waals surface area contributed by atoms with Crippen LogP contribution < -0.4 is 5.32 Å². The Hall–Kier alpha value is -4.58. The highest BCUT2D eigenvalue weighted by Crippen LogP contribution is 2.25. The molecular weight excluding hydrogens is 424 g/mol. The molecule has 0 spiro atoms. The molecule has 3 heterocycles. The first-order valence-corrected chi connectivity index (χ1v) is 10.0. The summed E-state index contributed by atoms with van der Waals surface area (Å²) in [6, 6.07) is 13.6. The first-order valence-electron chi connectivity index (χ1n) is 10.0. The van der Waals surface area contributed by atoms with Crippen LogP contribution in [-0.2, 0) is 16.1 Å². The topological polar surface area (TPSA) is 118 Å². The SMILES string of the molecule is COC(=O)c1ccc(CN2C(=O)NC(=Cc3cc(C)n(-c4ccc(C#N)cc4)c3C)C2=O)o1. The van der Waals surface area contributed by atoms with Crippen molar-refractivity contribution in [3.8, 4) is 11.8 Å². The predicted octanol–water partition coefficient (Wildman–Crippen LogP) is 3.44. The Morgan fingerprint density at radius 3 is 2.58 bits per heavy atom. The molecule has 3 amide bonds. The van der Waals surface area contributed by atoms with E-state index in [9.17, 15) is 14.4 Å². The van der Waals surface area contributed by atoms with Gasteiger partial charge in [0.25, 0.3) is 5.91 Å². The number of methoxy groups -OCH3 is 1. The summed E-state index contributed by atoms with van der Waals surface area (Å²) in [6.07, 6.45) is 1.63. The number of aryl methyl sites for hydroxylation is 1. The van der Waals surface area contributed by atoms with Crippen LogP contribution in [0.2, 0.25) is 0 Å². The zero-order valence-corrected chi connectivity index (χ0v) is 18.2. The number of furan rings is 1. The van der Waals surface area contributed by atoms with Crippen LogP contribution in [0.1, 0.15) is 38.8 Å². The first kappa shape index (κ1) is 21.6. The summed E-state index contributed by atoms with van der Waals surface area (Å²) in [6.45, 7) is 3.72. The highest BCUT2D eigenvalue weighted by atomic mass is 16.5. The number of esters is 1. The fraction of sp³-hybridized carbons (Fsp3) is 0.167. The number of imide groups is 1. The summed E-state index contributed by atoms with van der Waals surface area (Å²) < 4.78 is 12.0. The van der Waals surface area contributed by atoms with Crippen molar-refractivity contribution in [2.75, 3.05) is 7.11 Å². The minimum Gasteiger partial charge on any atom is -0.463 e. The van der Waals surface area contributed by atoms with Gasteiger partial charge in [-0.25, -0.2) is 9.59 Å². The number of amides is 3. The van der Waals surface area contributed by atoms with Crippen LogP contribution in [0.4, 0.5) is 4.79 Å². The van der Waals surface area contributed by atoms with E-state index in [4.69, 9.17) is 9.68 Å². The van der Waals surface area contributed by atoms with E-state index < -0.39 is 17.9 Å². The highest BCUT2D eigenvalue weighted by molar-refractivity contribution is 6.13. The van der Waals surface area contributed by atoms with E-state index in [1.807, 2.05) is 36.6 Å². The third-order valence-corrected chi connectivity index (χ3v) is 5.35. The molecule has 33 heavy (non-hydrogen) atoms. The number of aromatic nitrogens is 1. The minimum absolute atomic E-state index is 0.00874. The van der Waals surface area contributed by atoms with Gasteiger partial charge in [-0.2, -0.15) is 5.26 Å². The number of carbonyl (C=O) groups excluding carboxylic acids is 3. The number of nitrogens with one attached hydrogen (secondary N) is 1. The number of nitriles is 1. The smallest absolute Gasteiger partial charge is 0.373 e. The second kappa shape index (κ2) is 8.51. The monoisotopic (exact) mass is 444 g/mol. The second-order valence-electron chi connectivity index (χ2n) is 7.46. The van der Waals surface area contributed by atoms with Crippen LogP contribution in [0.5, 0.6) is 0 Å². The summed E-state index contributed by atoms with van der Waals surface area (Å²) >= 11 is 0. The van der Waals surface area contributed by atoms with E-state index in [1.165, 1.54) is 19.2 Å². The fourth-order valence-corrected chi connectivity index (χ4v) is 3.72. The van der Waals surface area contributed by atoms with Crippen molar-refractivity contribution >= 4 is 24.0 Å². The molecule has 2 aromatic heterocycles. The van der Waals surface area contributed by atoms with Gasteiger partial charge in [0.15, 0.2) is 0 Å². The average Bonchev–Trinajstić information content (AvgIpc) is 3.47. The van der Waals surface area contributed by atoms with Gasteiger partial charge in [-0.05, 0) is 68.0 Å². The van der Waals surface area contributed by atoms with Crippen molar-refractivity contribution in [1.29, 1.82) is 5.26 Å². The van der Waals surface area contributed by atoms with Crippen molar-refractivity contribution in [1.82, 2.24) is 14.8 Å². The van der Waals surface area contributed by atoms with E-state index in [1.54, 1.807) is 18.2 Å². The van der Waals surface area contributed by atoms with Gasteiger partial charge >= 0.3 is 12.0 Å². The molecule has 0 aliphatic carbocycles. The Morgan fingerprint density at radius 2 is 1.91 bits per heavy atom.